The van der Waals surface area contributed by atoms with E-state index in [4.69, 9.17) is 16.3 Å². The molecule has 0 aliphatic rings. The molecule has 2 aromatic rings. The summed E-state index contributed by atoms with van der Waals surface area (Å²) < 4.78 is 5.79. The van der Waals surface area contributed by atoms with Gasteiger partial charge >= 0.3 is 0 Å². The van der Waals surface area contributed by atoms with Gasteiger partial charge < -0.3 is 4.74 Å². The minimum atomic E-state index is -0.0211. The number of ether oxygens (including phenoxy) is 1. The average molecular weight is 499 g/mol. The number of carbonyl (C=O) groups is 1. The highest BCUT2D eigenvalue weighted by Crippen LogP contribution is 2.16. The zero-order valence-electron chi connectivity index (χ0n) is 21.4. The Balaban J connectivity index is 1.46. The molecular weight excluding hydrogens is 456 g/mol. The molecule has 1 amide bonds. The molecule has 0 aromatic heterocycles. The molecule has 0 aliphatic heterocycles. The number of hydrogen-bond donors (Lipinski definition) is 1. The van der Waals surface area contributed by atoms with Crippen molar-refractivity contribution >= 4 is 23.7 Å². The van der Waals surface area contributed by atoms with Gasteiger partial charge in [0.1, 0.15) is 12.4 Å². The summed E-state index contributed by atoms with van der Waals surface area (Å²) in [6, 6.07) is 15.2. The molecule has 0 bridgehead atoms. The number of nitrogens with zero attached hydrogens (tertiary/aromatic N) is 1. The Bertz CT molecular complexity index is 834. The summed E-state index contributed by atoms with van der Waals surface area (Å²) in [7, 11) is 0. The lowest BCUT2D eigenvalue weighted by atomic mass is 10.0. The van der Waals surface area contributed by atoms with Crippen LogP contribution < -0.4 is 10.2 Å². The van der Waals surface area contributed by atoms with E-state index in [1.54, 1.807) is 6.21 Å². The van der Waals surface area contributed by atoms with E-state index in [-0.39, 0.29) is 5.91 Å². The minimum Gasteiger partial charge on any atom is -0.489 e. The topological polar surface area (TPSA) is 50.7 Å². The Morgan fingerprint density at radius 3 is 1.91 bits per heavy atom. The quantitative estimate of drug-likeness (QED) is 0.119. The fourth-order valence-electron chi connectivity index (χ4n) is 3.94. The number of rotatable bonds is 19. The molecule has 0 saturated carbocycles. The number of carbonyl (C=O) groups excluding carboxylic acids is 1. The molecular formula is C30H43ClN2O2. The van der Waals surface area contributed by atoms with Gasteiger partial charge in [-0.2, -0.15) is 5.10 Å². The van der Waals surface area contributed by atoms with Gasteiger partial charge in [0.2, 0.25) is 5.91 Å². The van der Waals surface area contributed by atoms with Crippen molar-refractivity contribution in [2.75, 3.05) is 0 Å². The highest BCUT2D eigenvalue weighted by atomic mass is 35.5. The first-order valence-corrected chi connectivity index (χ1v) is 13.8. The Morgan fingerprint density at radius 2 is 1.34 bits per heavy atom. The van der Waals surface area contributed by atoms with E-state index < -0.39 is 0 Å². The number of hydrazone groups is 1. The van der Waals surface area contributed by atoms with Crippen LogP contribution in [0.3, 0.4) is 0 Å². The van der Waals surface area contributed by atoms with Crippen LogP contribution in [0, 0.1) is 0 Å². The van der Waals surface area contributed by atoms with Crippen LogP contribution in [0.4, 0.5) is 0 Å². The molecule has 0 heterocycles. The number of hydrogen-bond acceptors (Lipinski definition) is 3. The van der Waals surface area contributed by atoms with Gasteiger partial charge in [-0.1, -0.05) is 108 Å². The second kappa shape index (κ2) is 18.9. The summed E-state index contributed by atoms with van der Waals surface area (Å²) in [6.07, 6.45) is 19.1. The zero-order chi connectivity index (χ0) is 25.0. The summed E-state index contributed by atoms with van der Waals surface area (Å²) in [5.41, 5.74) is 4.60. The first kappa shape index (κ1) is 28.9. The molecule has 2 rings (SSSR count). The maximum absolute atomic E-state index is 12.0. The van der Waals surface area contributed by atoms with E-state index in [2.05, 4.69) is 17.5 Å². The Morgan fingerprint density at radius 1 is 0.800 bits per heavy atom. The van der Waals surface area contributed by atoms with E-state index >= 15 is 0 Å². The SMILES string of the molecule is CCCCCCCCCCCCCCCC(=O)NN=Cc1ccc(OCc2ccc(Cl)cc2)cc1. The molecule has 0 aliphatic carbocycles. The largest absolute Gasteiger partial charge is 0.489 e. The lowest BCUT2D eigenvalue weighted by Crippen LogP contribution is -2.16. The maximum atomic E-state index is 12.0. The Kier molecular flexibility index (Phi) is 15.6. The van der Waals surface area contributed by atoms with Crippen LogP contribution in [-0.2, 0) is 11.4 Å². The molecule has 4 nitrogen and oxygen atoms in total. The zero-order valence-corrected chi connectivity index (χ0v) is 22.2. The standard InChI is InChI=1S/C30H43ClN2O2/c1-2-3-4-5-6-7-8-9-10-11-12-13-14-15-30(34)33-32-24-26-18-22-29(23-19-26)35-25-27-16-20-28(31)21-17-27/h16-24H,2-15,25H2,1H3,(H,33,34). The van der Waals surface area contributed by atoms with Crippen LogP contribution in [-0.4, -0.2) is 12.1 Å². The molecule has 2 aromatic carbocycles. The van der Waals surface area contributed by atoms with Gasteiger partial charge in [0.25, 0.3) is 0 Å². The molecule has 5 heteroatoms. The maximum Gasteiger partial charge on any atom is 0.240 e. The molecule has 0 unspecified atom stereocenters. The number of unbranched alkanes of at least 4 members (excludes halogenated alkanes) is 12. The average Bonchev–Trinajstić information content (AvgIpc) is 2.87. The van der Waals surface area contributed by atoms with Crippen molar-refractivity contribution in [1.82, 2.24) is 5.43 Å². The van der Waals surface area contributed by atoms with Gasteiger partial charge in [-0.15, -0.1) is 0 Å². The molecule has 0 fully saturated rings. The fraction of sp³-hybridized carbons (Fsp3) is 0.533. The molecule has 0 spiro atoms. The predicted octanol–water partition coefficient (Wildman–Crippen LogP) is 8.85. The first-order valence-electron chi connectivity index (χ1n) is 13.5. The smallest absolute Gasteiger partial charge is 0.240 e. The van der Waals surface area contributed by atoms with Gasteiger partial charge in [-0.05, 0) is 53.9 Å². The Labute approximate surface area is 217 Å². The van der Waals surface area contributed by atoms with Gasteiger partial charge in [0, 0.05) is 11.4 Å². The van der Waals surface area contributed by atoms with Crippen LogP contribution in [0.25, 0.3) is 0 Å². The van der Waals surface area contributed by atoms with E-state index in [9.17, 15) is 4.79 Å². The summed E-state index contributed by atoms with van der Waals surface area (Å²) in [5.74, 6) is 0.760. The van der Waals surface area contributed by atoms with E-state index in [0.717, 1.165) is 29.7 Å². The van der Waals surface area contributed by atoms with Crippen LogP contribution in [0.5, 0.6) is 5.75 Å². The molecule has 0 saturated heterocycles. The monoisotopic (exact) mass is 498 g/mol. The number of halogens is 1. The number of benzene rings is 2. The van der Waals surface area contributed by atoms with Gasteiger partial charge in [0.15, 0.2) is 0 Å². The number of amides is 1. The van der Waals surface area contributed by atoms with Crippen molar-refractivity contribution in [2.45, 2.75) is 103 Å². The summed E-state index contributed by atoms with van der Waals surface area (Å²) in [4.78, 5) is 12.0. The van der Waals surface area contributed by atoms with E-state index in [1.807, 2.05) is 48.5 Å². The molecule has 192 valence electrons. The Hall–Kier alpha value is -2.33. The summed E-state index contributed by atoms with van der Waals surface area (Å²) >= 11 is 5.90. The molecule has 0 atom stereocenters. The third kappa shape index (κ3) is 14.6. The first-order chi connectivity index (χ1) is 17.2. The number of nitrogens with one attached hydrogen (secondary N) is 1. The molecule has 1 N–H and O–H groups in total. The third-order valence-electron chi connectivity index (χ3n) is 6.11. The van der Waals surface area contributed by atoms with E-state index in [1.165, 1.54) is 70.6 Å². The second-order valence-corrected chi connectivity index (χ2v) is 9.71. The van der Waals surface area contributed by atoms with Gasteiger partial charge in [0.05, 0.1) is 6.21 Å². The highest BCUT2D eigenvalue weighted by molar-refractivity contribution is 6.30. The van der Waals surface area contributed by atoms with Crippen LogP contribution >= 0.6 is 11.6 Å². The second-order valence-electron chi connectivity index (χ2n) is 9.27. The van der Waals surface area contributed by atoms with Gasteiger partial charge in [-0.3, -0.25) is 4.79 Å². The molecule has 35 heavy (non-hydrogen) atoms. The van der Waals surface area contributed by atoms with Crippen molar-refractivity contribution in [3.05, 3.63) is 64.7 Å². The van der Waals surface area contributed by atoms with E-state index in [0.29, 0.717) is 18.1 Å². The summed E-state index contributed by atoms with van der Waals surface area (Å²) in [5, 5.41) is 4.79. The van der Waals surface area contributed by atoms with Crippen molar-refractivity contribution < 1.29 is 9.53 Å². The highest BCUT2D eigenvalue weighted by Gasteiger charge is 2.00. The fourth-order valence-corrected chi connectivity index (χ4v) is 4.06. The predicted molar refractivity (Wildman–Crippen MR) is 148 cm³/mol. The van der Waals surface area contributed by atoms with Crippen molar-refractivity contribution in [2.24, 2.45) is 5.10 Å². The van der Waals surface area contributed by atoms with Crippen molar-refractivity contribution in [3.8, 4) is 5.75 Å². The minimum absolute atomic E-state index is 0.0211. The lowest BCUT2D eigenvalue weighted by molar-refractivity contribution is -0.121. The van der Waals surface area contributed by atoms with Crippen LogP contribution in [0.15, 0.2) is 53.6 Å². The van der Waals surface area contributed by atoms with Crippen LogP contribution in [0.1, 0.15) is 108 Å². The van der Waals surface area contributed by atoms with Gasteiger partial charge in [-0.25, -0.2) is 5.43 Å². The third-order valence-corrected chi connectivity index (χ3v) is 6.36. The normalized spacial score (nSPS) is 11.1. The van der Waals surface area contributed by atoms with Crippen molar-refractivity contribution in [1.29, 1.82) is 0 Å². The summed E-state index contributed by atoms with van der Waals surface area (Å²) in [6.45, 7) is 2.75. The lowest BCUT2D eigenvalue weighted by Gasteiger charge is -2.06. The van der Waals surface area contributed by atoms with Crippen molar-refractivity contribution in [3.63, 3.8) is 0 Å². The molecule has 0 radical (unpaired) electrons. The van der Waals surface area contributed by atoms with Crippen LogP contribution in [0.2, 0.25) is 5.02 Å².